The smallest absolute Gasteiger partial charge is 0.244 e. The van der Waals surface area contributed by atoms with Crippen LogP contribution in [-0.4, -0.2) is 30.2 Å². The van der Waals surface area contributed by atoms with E-state index in [0.717, 1.165) is 23.1 Å². The molecule has 0 spiro atoms. The molecule has 0 bridgehead atoms. The fraction of sp³-hybridized carbons (Fsp3) is 0.200. The van der Waals surface area contributed by atoms with Crippen molar-refractivity contribution in [2.45, 2.75) is 26.1 Å². The lowest BCUT2D eigenvalue weighted by Gasteiger charge is -2.12. The lowest BCUT2D eigenvalue weighted by molar-refractivity contribution is -0.124. The van der Waals surface area contributed by atoms with Crippen LogP contribution < -0.4 is 5.32 Å². The molecule has 2 aromatic carbocycles. The Balaban J connectivity index is 1.37. The van der Waals surface area contributed by atoms with Gasteiger partial charge in [-0.25, -0.2) is 14.6 Å². The predicted molar refractivity (Wildman–Crippen MR) is 102 cm³/mol. The minimum Gasteiger partial charge on any atom is -0.350 e. The van der Waals surface area contributed by atoms with Gasteiger partial charge in [0.15, 0.2) is 0 Å². The Morgan fingerprint density at radius 1 is 1.07 bits per heavy atom. The second-order valence-electron chi connectivity index (χ2n) is 6.45. The van der Waals surface area contributed by atoms with Gasteiger partial charge in [0.2, 0.25) is 5.91 Å². The van der Waals surface area contributed by atoms with Crippen LogP contribution in [0.25, 0.3) is 11.0 Å². The van der Waals surface area contributed by atoms with Crippen molar-refractivity contribution in [3.05, 3.63) is 78.6 Å². The Hall–Kier alpha value is -3.48. The fourth-order valence-electron chi connectivity index (χ4n) is 2.97. The SMILES string of the molecule is CC(C(=O)NCc1ccc(Cn2cnc3ccccc32)cc1)n1cncn1. The van der Waals surface area contributed by atoms with Gasteiger partial charge in [-0.2, -0.15) is 5.10 Å². The zero-order valence-electron chi connectivity index (χ0n) is 15.0. The molecule has 4 rings (SSSR count). The Morgan fingerprint density at radius 2 is 1.85 bits per heavy atom. The number of benzene rings is 2. The largest absolute Gasteiger partial charge is 0.350 e. The summed E-state index contributed by atoms with van der Waals surface area (Å²) < 4.78 is 3.67. The second-order valence-corrected chi connectivity index (χ2v) is 6.45. The Kier molecular flexibility index (Phi) is 4.65. The number of hydrogen-bond acceptors (Lipinski definition) is 4. The molecule has 7 heteroatoms. The number of amides is 1. The summed E-state index contributed by atoms with van der Waals surface area (Å²) in [5.41, 5.74) is 4.35. The lowest BCUT2D eigenvalue weighted by atomic mass is 10.1. The molecule has 0 saturated carbocycles. The highest BCUT2D eigenvalue weighted by Crippen LogP contribution is 2.14. The van der Waals surface area contributed by atoms with Crippen LogP contribution in [0.3, 0.4) is 0 Å². The molecular weight excluding hydrogens is 340 g/mol. The first kappa shape index (κ1) is 17.0. The van der Waals surface area contributed by atoms with Crippen LogP contribution in [0.1, 0.15) is 24.1 Å². The van der Waals surface area contributed by atoms with E-state index in [9.17, 15) is 4.79 Å². The van der Waals surface area contributed by atoms with E-state index in [1.165, 1.54) is 16.6 Å². The summed E-state index contributed by atoms with van der Waals surface area (Å²) >= 11 is 0. The summed E-state index contributed by atoms with van der Waals surface area (Å²) in [6.07, 6.45) is 4.83. The molecule has 4 aromatic rings. The second kappa shape index (κ2) is 7.41. The highest BCUT2D eigenvalue weighted by atomic mass is 16.2. The van der Waals surface area contributed by atoms with Crippen LogP contribution in [0, 0.1) is 0 Å². The molecule has 0 aliphatic carbocycles. The van der Waals surface area contributed by atoms with E-state index in [1.807, 2.05) is 36.7 Å². The minimum atomic E-state index is -0.388. The maximum Gasteiger partial charge on any atom is 0.244 e. The van der Waals surface area contributed by atoms with E-state index in [0.29, 0.717) is 6.54 Å². The molecule has 136 valence electrons. The number of carbonyl (C=O) groups excluding carboxylic acids is 1. The van der Waals surface area contributed by atoms with Crippen molar-refractivity contribution in [1.82, 2.24) is 29.6 Å². The van der Waals surface area contributed by atoms with Crippen molar-refractivity contribution >= 4 is 16.9 Å². The highest BCUT2D eigenvalue weighted by Gasteiger charge is 2.14. The summed E-state index contributed by atoms with van der Waals surface area (Å²) in [7, 11) is 0. The quantitative estimate of drug-likeness (QED) is 0.573. The van der Waals surface area contributed by atoms with Crippen LogP contribution in [0.4, 0.5) is 0 Å². The molecule has 0 saturated heterocycles. The van der Waals surface area contributed by atoms with Gasteiger partial charge in [-0.05, 0) is 30.2 Å². The summed E-state index contributed by atoms with van der Waals surface area (Å²) in [5.74, 6) is -0.0885. The first-order chi connectivity index (χ1) is 13.2. The monoisotopic (exact) mass is 360 g/mol. The molecular formula is C20H20N6O. The van der Waals surface area contributed by atoms with Crippen LogP contribution >= 0.6 is 0 Å². The van der Waals surface area contributed by atoms with Crippen molar-refractivity contribution in [3.63, 3.8) is 0 Å². The molecule has 2 heterocycles. The molecule has 1 atom stereocenters. The van der Waals surface area contributed by atoms with Gasteiger partial charge in [-0.15, -0.1) is 0 Å². The number of nitrogens with one attached hydrogen (secondary N) is 1. The first-order valence-electron chi connectivity index (χ1n) is 8.80. The van der Waals surface area contributed by atoms with Crippen LogP contribution in [-0.2, 0) is 17.9 Å². The van der Waals surface area contributed by atoms with Gasteiger partial charge in [-0.1, -0.05) is 36.4 Å². The van der Waals surface area contributed by atoms with Crippen molar-refractivity contribution in [2.24, 2.45) is 0 Å². The summed E-state index contributed by atoms with van der Waals surface area (Å²) in [6, 6.07) is 15.9. The molecule has 0 fully saturated rings. The number of rotatable bonds is 6. The predicted octanol–water partition coefficient (Wildman–Crippen LogP) is 2.55. The first-order valence-corrected chi connectivity index (χ1v) is 8.80. The van der Waals surface area contributed by atoms with E-state index < -0.39 is 0 Å². The van der Waals surface area contributed by atoms with E-state index >= 15 is 0 Å². The normalized spacial score (nSPS) is 12.2. The number of carbonyl (C=O) groups is 1. The number of para-hydroxylation sites is 2. The average Bonchev–Trinajstić information content (AvgIpc) is 3.37. The van der Waals surface area contributed by atoms with Crippen molar-refractivity contribution in [2.75, 3.05) is 0 Å². The highest BCUT2D eigenvalue weighted by molar-refractivity contribution is 5.79. The lowest BCUT2D eigenvalue weighted by Crippen LogP contribution is -2.30. The zero-order chi connectivity index (χ0) is 18.6. The van der Waals surface area contributed by atoms with Crippen LogP contribution in [0.2, 0.25) is 0 Å². The van der Waals surface area contributed by atoms with E-state index in [2.05, 4.69) is 43.1 Å². The number of nitrogens with zero attached hydrogens (tertiary/aromatic N) is 5. The van der Waals surface area contributed by atoms with Crippen LogP contribution in [0.15, 0.2) is 67.5 Å². The van der Waals surface area contributed by atoms with Crippen molar-refractivity contribution in [3.8, 4) is 0 Å². The van der Waals surface area contributed by atoms with Gasteiger partial charge >= 0.3 is 0 Å². The van der Waals surface area contributed by atoms with E-state index in [4.69, 9.17) is 0 Å². The van der Waals surface area contributed by atoms with Gasteiger partial charge in [0, 0.05) is 13.1 Å². The van der Waals surface area contributed by atoms with E-state index in [-0.39, 0.29) is 11.9 Å². The third kappa shape index (κ3) is 3.72. The molecule has 1 N–H and O–H groups in total. The van der Waals surface area contributed by atoms with Crippen molar-refractivity contribution < 1.29 is 4.79 Å². The number of imidazole rings is 1. The van der Waals surface area contributed by atoms with Gasteiger partial charge < -0.3 is 9.88 Å². The van der Waals surface area contributed by atoms with Gasteiger partial charge in [0.1, 0.15) is 18.7 Å². The maximum atomic E-state index is 12.2. The summed E-state index contributed by atoms with van der Waals surface area (Å²) in [4.78, 5) is 20.5. The fourth-order valence-corrected chi connectivity index (χ4v) is 2.97. The molecule has 0 aliphatic rings. The molecule has 1 amide bonds. The molecule has 2 aromatic heterocycles. The molecule has 7 nitrogen and oxygen atoms in total. The molecule has 1 unspecified atom stereocenters. The number of aromatic nitrogens is 5. The maximum absolute atomic E-state index is 12.2. The van der Waals surface area contributed by atoms with Gasteiger partial charge in [0.05, 0.1) is 17.4 Å². The van der Waals surface area contributed by atoms with Crippen LogP contribution in [0.5, 0.6) is 0 Å². The Bertz CT molecular complexity index is 1040. The Labute approximate surface area is 156 Å². The standard InChI is InChI=1S/C20H20N6O/c1-15(26-13-21-12-24-26)20(27)22-10-16-6-8-17(9-7-16)11-25-14-23-18-4-2-3-5-19(18)25/h2-9,12-15H,10-11H2,1H3,(H,22,27). The summed E-state index contributed by atoms with van der Waals surface area (Å²) in [6.45, 7) is 3.03. The molecule has 27 heavy (non-hydrogen) atoms. The van der Waals surface area contributed by atoms with Gasteiger partial charge in [-0.3, -0.25) is 4.79 Å². The van der Waals surface area contributed by atoms with E-state index in [1.54, 1.807) is 13.3 Å². The Morgan fingerprint density at radius 3 is 2.63 bits per heavy atom. The molecule has 0 radical (unpaired) electrons. The number of fused-ring (bicyclic) bond motifs is 1. The average molecular weight is 360 g/mol. The minimum absolute atomic E-state index is 0.0885. The zero-order valence-corrected chi connectivity index (χ0v) is 15.0. The third-order valence-corrected chi connectivity index (χ3v) is 4.58. The topological polar surface area (TPSA) is 77.6 Å². The van der Waals surface area contributed by atoms with Gasteiger partial charge in [0.25, 0.3) is 0 Å². The third-order valence-electron chi connectivity index (χ3n) is 4.58. The molecule has 0 aliphatic heterocycles. The van der Waals surface area contributed by atoms with Crippen molar-refractivity contribution in [1.29, 1.82) is 0 Å². The number of hydrogen-bond donors (Lipinski definition) is 1. The summed E-state index contributed by atoms with van der Waals surface area (Å²) in [5, 5.41) is 6.93.